The van der Waals surface area contributed by atoms with Gasteiger partial charge in [0.2, 0.25) is 5.65 Å². The van der Waals surface area contributed by atoms with Crippen molar-refractivity contribution < 1.29 is 4.74 Å². The molecule has 120 valence electrons. The normalized spacial score (nSPS) is 19.9. The summed E-state index contributed by atoms with van der Waals surface area (Å²) in [5, 5.41) is 8.18. The van der Waals surface area contributed by atoms with E-state index in [9.17, 15) is 0 Å². The minimum atomic E-state index is 0.527. The lowest BCUT2D eigenvalue weighted by molar-refractivity contribution is 0.0869. The van der Waals surface area contributed by atoms with Crippen LogP contribution in [0.25, 0.3) is 5.65 Å². The molecule has 3 heterocycles. The monoisotopic (exact) mass is 304 g/mol. The molecule has 0 aromatic carbocycles. The van der Waals surface area contributed by atoms with E-state index in [1.807, 2.05) is 23.7 Å². The van der Waals surface area contributed by atoms with Crippen molar-refractivity contribution in [3.05, 3.63) is 18.7 Å². The topological polar surface area (TPSA) is 58.8 Å². The van der Waals surface area contributed by atoms with Crippen molar-refractivity contribution in [2.45, 2.75) is 26.3 Å². The van der Waals surface area contributed by atoms with Crippen LogP contribution in [0.2, 0.25) is 0 Å². The van der Waals surface area contributed by atoms with Crippen LogP contribution in [0.5, 0.6) is 0 Å². The fourth-order valence-corrected chi connectivity index (χ4v) is 3.06. The van der Waals surface area contributed by atoms with Crippen molar-refractivity contribution >= 4 is 11.5 Å². The molecule has 2 aromatic heterocycles. The molecule has 3 rings (SSSR count). The first-order valence-electron chi connectivity index (χ1n) is 8.04. The van der Waals surface area contributed by atoms with Crippen molar-refractivity contribution in [2.75, 3.05) is 44.3 Å². The summed E-state index contributed by atoms with van der Waals surface area (Å²) in [6, 6.07) is 0.527. The van der Waals surface area contributed by atoms with Crippen LogP contribution in [-0.4, -0.2) is 69.9 Å². The minimum Gasteiger partial charge on any atom is -0.380 e. The van der Waals surface area contributed by atoms with E-state index in [0.29, 0.717) is 6.04 Å². The number of hydrogen-bond donors (Lipinski definition) is 0. The smallest absolute Gasteiger partial charge is 0.203 e. The standard InChI is InChI=1S/C15H24N6O/c1-3-13-11-20(8-7-19(13)9-10-22-4-2)14-15-18-17-12-21(15)6-5-16-14/h5-6,12-13H,3-4,7-11H2,1-2H3. The Kier molecular flexibility index (Phi) is 4.84. The highest BCUT2D eigenvalue weighted by Crippen LogP contribution is 2.21. The molecule has 0 radical (unpaired) electrons. The van der Waals surface area contributed by atoms with Crippen molar-refractivity contribution in [2.24, 2.45) is 0 Å². The average Bonchev–Trinajstić information content (AvgIpc) is 3.04. The quantitative estimate of drug-likeness (QED) is 0.744. The Bertz CT molecular complexity index is 600. The summed E-state index contributed by atoms with van der Waals surface area (Å²) in [6.07, 6.45) is 6.54. The number of anilines is 1. The van der Waals surface area contributed by atoms with Gasteiger partial charge in [-0.05, 0) is 13.3 Å². The second-order valence-electron chi connectivity index (χ2n) is 5.55. The molecule has 1 aliphatic rings. The first-order valence-corrected chi connectivity index (χ1v) is 8.04. The fourth-order valence-electron chi connectivity index (χ4n) is 3.06. The van der Waals surface area contributed by atoms with E-state index in [1.165, 1.54) is 0 Å². The van der Waals surface area contributed by atoms with Gasteiger partial charge in [0.15, 0.2) is 5.82 Å². The van der Waals surface area contributed by atoms with Gasteiger partial charge in [-0.15, -0.1) is 10.2 Å². The molecule has 2 aromatic rings. The summed E-state index contributed by atoms with van der Waals surface area (Å²) in [5.74, 6) is 0.933. The number of hydrogen-bond acceptors (Lipinski definition) is 6. The third kappa shape index (κ3) is 3.05. The lowest BCUT2D eigenvalue weighted by Crippen LogP contribution is -2.54. The predicted octanol–water partition coefficient (Wildman–Crippen LogP) is 1.06. The molecule has 0 aliphatic carbocycles. The number of fused-ring (bicyclic) bond motifs is 1. The van der Waals surface area contributed by atoms with E-state index in [4.69, 9.17) is 4.74 Å². The van der Waals surface area contributed by atoms with Crippen LogP contribution in [0.3, 0.4) is 0 Å². The van der Waals surface area contributed by atoms with Gasteiger partial charge < -0.3 is 9.64 Å². The van der Waals surface area contributed by atoms with Crippen LogP contribution in [0.1, 0.15) is 20.3 Å². The molecule has 0 spiro atoms. The third-order valence-corrected chi connectivity index (χ3v) is 4.30. The predicted molar refractivity (Wildman–Crippen MR) is 85.1 cm³/mol. The van der Waals surface area contributed by atoms with Gasteiger partial charge in [0, 0.05) is 51.2 Å². The van der Waals surface area contributed by atoms with E-state index in [0.717, 1.165) is 57.3 Å². The molecule has 0 saturated carbocycles. The third-order valence-electron chi connectivity index (χ3n) is 4.30. The van der Waals surface area contributed by atoms with Gasteiger partial charge in [-0.3, -0.25) is 9.30 Å². The molecule has 1 saturated heterocycles. The van der Waals surface area contributed by atoms with E-state index in [1.54, 1.807) is 6.33 Å². The maximum absolute atomic E-state index is 5.50. The Labute approximate surface area is 130 Å². The van der Waals surface area contributed by atoms with E-state index in [2.05, 4.69) is 31.9 Å². The maximum atomic E-state index is 5.50. The summed E-state index contributed by atoms with van der Waals surface area (Å²) in [5.41, 5.74) is 0.833. The molecule has 1 fully saturated rings. The van der Waals surface area contributed by atoms with Gasteiger partial charge in [-0.1, -0.05) is 6.92 Å². The molecule has 1 aliphatic heterocycles. The van der Waals surface area contributed by atoms with Gasteiger partial charge in [0.1, 0.15) is 6.33 Å². The van der Waals surface area contributed by atoms with Crippen LogP contribution in [0, 0.1) is 0 Å². The number of piperazine rings is 1. The van der Waals surface area contributed by atoms with Gasteiger partial charge >= 0.3 is 0 Å². The van der Waals surface area contributed by atoms with Crippen molar-refractivity contribution in [1.29, 1.82) is 0 Å². The first-order chi connectivity index (χ1) is 10.8. The number of aromatic nitrogens is 4. The Morgan fingerprint density at radius 2 is 2.23 bits per heavy atom. The Morgan fingerprint density at radius 3 is 3.05 bits per heavy atom. The largest absolute Gasteiger partial charge is 0.380 e. The lowest BCUT2D eigenvalue weighted by Gasteiger charge is -2.41. The highest BCUT2D eigenvalue weighted by Gasteiger charge is 2.27. The molecule has 0 N–H and O–H groups in total. The summed E-state index contributed by atoms with van der Waals surface area (Å²) in [6.45, 7) is 9.85. The molecule has 0 amide bonds. The molecule has 1 atom stereocenters. The van der Waals surface area contributed by atoms with Gasteiger partial charge in [0.05, 0.1) is 6.61 Å². The minimum absolute atomic E-state index is 0.527. The van der Waals surface area contributed by atoms with Crippen LogP contribution in [0.15, 0.2) is 18.7 Å². The molecular weight excluding hydrogens is 280 g/mol. The summed E-state index contributed by atoms with van der Waals surface area (Å²) >= 11 is 0. The van der Waals surface area contributed by atoms with E-state index >= 15 is 0 Å². The second-order valence-corrected chi connectivity index (χ2v) is 5.55. The highest BCUT2D eigenvalue weighted by molar-refractivity contribution is 5.63. The van der Waals surface area contributed by atoms with Crippen molar-refractivity contribution in [3.63, 3.8) is 0 Å². The van der Waals surface area contributed by atoms with Crippen molar-refractivity contribution in [1.82, 2.24) is 24.5 Å². The Balaban J connectivity index is 1.71. The summed E-state index contributed by atoms with van der Waals surface area (Å²) < 4.78 is 7.42. The molecule has 7 heteroatoms. The molecule has 7 nitrogen and oxygen atoms in total. The van der Waals surface area contributed by atoms with Gasteiger partial charge in [-0.2, -0.15) is 0 Å². The van der Waals surface area contributed by atoms with Crippen LogP contribution in [-0.2, 0) is 4.74 Å². The van der Waals surface area contributed by atoms with E-state index in [-0.39, 0.29) is 0 Å². The first kappa shape index (κ1) is 15.2. The van der Waals surface area contributed by atoms with Crippen LogP contribution in [0.4, 0.5) is 5.82 Å². The number of nitrogens with zero attached hydrogens (tertiary/aromatic N) is 6. The zero-order chi connectivity index (χ0) is 15.4. The molecule has 22 heavy (non-hydrogen) atoms. The number of rotatable bonds is 6. The Hall–Kier alpha value is -1.73. The lowest BCUT2D eigenvalue weighted by atomic mass is 10.1. The van der Waals surface area contributed by atoms with Gasteiger partial charge in [-0.25, -0.2) is 4.98 Å². The highest BCUT2D eigenvalue weighted by atomic mass is 16.5. The van der Waals surface area contributed by atoms with Gasteiger partial charge in [0.25, 0.3) is 0 Å². The zero-order valence-corrected chi connectivity index (χ0v) is 13.4. The van der Waals surface area contributed by atoms with Crippen LogP contribution < -0.4 is 4.90 Å². The number of ether oxygens (including phenoxy) is 1. The van der Waals surface area contributed by atoms with E-state index < -0.39 is 0 Å². The molecular formula is C15H24N6O. The SMILES string of the molecule is CCOCCN1CCN(c2nccn3cnnc23)CC1CC. The summed E-state index contributed by atoms with van der Waals surface area (Å²) in [7, 11) is 0. The maximum Gasteiger partial charge on any atom is 0.203 e. The van der Waals surface area contributed by atoms with Crippen molar-refractivity contribution in [3.8, 4) is 0 Å². The summed E-state index contributed by atoms with van der Waals surface area (Å²) in [4.78, 5) is 9.38. The fraction of sp³-hybridized carbons (Fsp3) is 0.667. The molecule has 1 unspecified atom stereocenters. The average molecular weight is 304 g/mol. The van der Waals surface area contributed by atoms with Crippen LogP contribution >= 0.6 is 0 Å². The second kappa shape index (κ2) is 7.02. The molecule has 0 bridgehead atoms. The Morgan fingerprint density at radius 1 is 1.32 bits per heavy atom. The zero-order valence-electron chi connectivity index (χ0n) is 13.4.